The van der Waals surface area contributed by atoms with Crippen LogP contribution < -0.4 is 5.73 Å². The molecule has 1 heterocycles. The fourth-order valence-corrected chi connectivity index (χ4v) is 2.05. The minimum atomic E-state index is -0.724. The summed E-state index contributed by atoms with van der Waals surface area (Å²) in [5.41, 5.74) is 5.50. The van der Waals surface area contributed by atoms with Gasteiger partial charge in [-0.15, -0.1) is 10.2 Å². The van der Waals surface area contributed by atoms with E-state index in [9.17, 15) is 5.11 Å². The first kappa shape index (κ1) is 12.4. The van der Waals surface area contributed by atoms with Crippen molar-refractivity contribution in [3.63, 3.8) is 0 Å². The molecule has 1 unspecified atom stereocenters. The minimum Gasteiger partial charge on any atom is -0.394 e. The Morgan fingerprint density at radius 1 is 1.53 bits per heavy atom. The summed E-state index contributed by atoms with van der Waals surface area (Å²) < 4.78 is 1.90. The van der Waals surface area contributed by atoms with E-state index in [1.54, 1.807) is 0 Å². The fourth-order valence-electron chi connectivity index (χ4n) is 1.12. The Balaban J connectivity index is 2.64. The summed E-state index contributed by atoms with van der Waals surface area (Å²) in [5, 5.41) is 26.5. The molecule has 1 aromatic rings. The van der Waals surface area contributed by atoms with Crippen molar-refractivity contribution < 1.29 is 10.2 Å². The fraction of sp³-hybridized carbons (Fsp3) is 0.750. The van der Waals surface area contributed by atoms with Crippen molar-refractivity contribution in [3.05, 3.63) is 5.82 Å². The molecule has 4 N–H and O–H groups in total. The first-order valence-corrected chi connectivity index (χ1v) is 5.75. The molecule has 0 aliphatic heterocycles. The maximum atomic E-state index is 9.19. The van der Waals surface area contributed by atoms with Crippen molar-refractivity contribution in [2.45, 2.75) is 31.3 Å². The number of nitrogens with zero attached hydrogens (tertiary/aromatic N) is 3. The third-order valence-corrected chi connectivity index (χ3v) is 3.02. The number of rotatable bonds is 6. The van der Waals surface area contributed by atoms with Crippen LogP contribution in [0.3, 0.4) is 0 Å². The van der Waals surface area contributed by atoms with Crippen molar-refractivity contribution in [3.8, 4) is 0 Å². The maximum Gasteiger partial charge on any atom is 0.191 e. The van der Waals surface area contributed by atoms with Crippen LogP contribution in [-0.4, -0.2) is 43.4 Å². The number of aromatic nitrogens is 3. The molecule has 0 fully saturated rings. The minimum absolute atomic E-state index is 0.239. The van der Waals surface area contributed by atoms with E-state index < -0.39 is 6.10 Å². The van der Waals surface area contributed by atoms with Crippen molar-refractivity contribution in [2.24, 2.45) is 5.73 Å². The third-order valence-electron chi connectivity index (χ3n) is 1.91. The molecule has 0 spiro atoms. The van der Waals surface area contributed by atoms with Crippen LogP contribution in [0.4, 0.5) is 0 Å². The molecule has 0 aromatic carbocycles. The van der Waals surface area contributed by atoms with Crippen LogP contribution in [0.25, 0.3) is 0 Å². The molecule has 7 heteroatoms. The molecule has 0 aliphatic carbocycles. The number of hydrogen-bond donors (Lipinski definition) is 3. The van der Waals surface area contributed by atoms with E-state index in [4.69, 9.17) is 10.8 Å². The second-order valence-corrected chi connectivity index (χ2v) is 3.98. The standard InChI is InChI=1S/C8H16N4O2S/c1-2-12-7(3-9)10-11-8(12)15-5-6(14)4-13/h6,13-14H,2-5,9H2,1H3. The Hall–Kier alpha value is -0.630. The van der Waals surface area contributed by atoms with Gasteiger partial charge in [-0.3, -0.25) is 0 Å². The summed E-state index contributed by atoms with van der Waals surface area (Å²) in [7, 11) is 0. The van der Waals surface area contributed by atoms with Crippen molar-refractivity contribution in [1.82, 2.24) is 14.8 Å². The van der Waals surface area contributed by atoms with Gasteiger partial charge in [0.1, 0.15) is 5.82 Å². The molecule has 0 bridgehead atoms. The Kier molecular flexibility index (Phi) is 5.03. The van der Waals surface area contributed by atoms with Gasteiger partial charge in [0.25, 0.3) is 0 Å². The normalized spacial score (nSPS) is 13.1. The summed E-state index contributed by atoms with van der Waals surface area (Å²) in [6.07, 6.45) is -0.724. The maximum absolute atomic E-state index is 9.19. The van der Waals surface area contributed by atoms with Crippen LogP contribution in [0, 0.1) is 0 Å². The molecule has 1 rings (SSSR count). The topological polar surface area (TPSA) is 97.2 Å². The summed E-state index contributed by atoms with van der Waals surface area (Å²) in [6.45, 7) is 2.84. The predicted molar refractivity (Wildman–Crippen MR) is 57.4 cm³/mol. The highest BCUT2D eigenvalue weighted by Crippen LogP contribution is 2.17. The zero-order valence-corrected chi connectivity index (χ0v) is 9.44. The van der Waals surface area contributed by atoms with Crippen LogP contribution in [0.5, 0.6) is 0 Å². The predicted octanol–water partition coefficient (Wildman–Crippen LogP) is -0.798. The van der Waals surface area contributed by atoms with E-state index in [1.807, 2.05) is 11.5 Å². The average molecular weight is 232 g/mol. The molecule has 1 aromatic heterocycles. The van der Waals surface area contributed by atoms with Crippen LogP contribution >= 0.6 is 11.8 Å². The molecule has 0 amide bonds. The Labute approximate surface area is 92.5 Å². The van der Waals surface area contributed by atoms with Crippen LogP contribution in [-0.2, 0) is 13.1 Å². The Morgan fingerprint density at radius 3 is 2.80 bits per heavy atom. The van der Waals surface area contributed by atoms with Gasteiger partial charge in [-0.2, -0.15) is 0 Å². The van der Waals surface area contributed by atoms with Crippen molar-refractivity contribution >= 4 is 11.8 Å². The molecule has 1 atom stereocenters. The number of hydrogen-bond acceptors (Lipinski definition) is 6. The summed E-state index contributed by atoms with van der Waals surface area (Å²) in [6, 6.07) is 0. The number of aliphatic hydroxyl groups is 2. The molecule has 6 nitrogen and oxygen atoms in total. The second-order valence-electron chi connectivity index (χ2n) is 2.99. The number of nitrogens with two attached hydrogens (primary N) is 1. The van der Waals surface area contributed by atoms with Gasteiger partial charge in [0, 0.05) is 12.3 Å². The van der Waals surface area contributed by atoms with E-state index in [1.165, 1.54) is 11.8 Å². The molecular weight excluding hydrogens is 216 g/mol. The lowest BCUT2D eigenvalue weighted by Gasteiger charge is -2.07. The molecule has 0 radical (unpaired) electrons. The SMILES string of the molecule is CCn1c(CN)nnc1SCC(O)CO. The molecule has 0 saturated carbocycles. The summed E-state index contributed by atoms with van der Waals surface area (Å²) in [5.74, 6) is 1.14. The first-order chi connectivity index (χ1) is 7.22. The summed E-state index contributed by atoms with van der Waals surface area (Å²) in [4.78, 5) is 0. The Morgan fingerprint density at radius 2 is 2.27 bits per heavy atom. The molecular formula is C8H16N4O2S. The van der Waals surface area contributed by atoms with Gasteiger partial charge in [0.15, 0.2) is 5.16 Å². The van der Waals surface area contributed by atoms with Gasteiger partial charge in [-0.1, -0.05) is 11.8 Å². The lowest BCUT2D eigenvalue weighted by molar-refractivity contribution is 0.113. The quantitative estimate of drug-likeness (QED) is 0.556. The smallest absolute Gasteiger partial charge is 0.191 e. The van der Waals surface area contributed by atoms with Gasteiger partial charge >= 0.3 is 0 Å². The van der Waals surface area contributed by atoms with E-state index in [0.29, 0.717) is 12.3 Å². The van der Waals surface area contributed by atoms with E-state index in [-0.39, 0.29) is 6.61 Å². The highest BCUT2D eigenvalue weighted by atomic mass is 32.2. The lowest BCUT2D eigenvalue weighted by Crippen LogP contribution is -2.15. The largest absolute Gasteiger partial charge is 0.394 e. The average Bonchev–Trinajstić information content (AvgIpc) is 2.67. The van der Waals surface area contributed by atoms with Crippen molar-refractivity contribution in [1.29, 1.82) is 0 Å². The zero-order valence-electron chi connectivity index (χ0n) is 8.63. The highest BCUT2D eigenvalue weighted by molar-refractivity contribution is 7.99. The summed E-state index contributed by atoms with van der Waals surface area (Å²) >= 11 is 1.36. The Bertz CT molecular complexity index is 305. The molecule has 15 heavy (non-hydrogen) atoms. The lowest BCUT2D eigenvalue weighted by atomic mass is 10.4. The zero-order chi connectivity index (χ0) is 11.3. The van der Waals surface area contributed by atoms with Crippen LogP contribution in [0.15, 0.2) is 5.16 Å². The van der Waals surface area contributed by atoms with Gasteiger partial charge in [-0.05, 0) is 6.92 Å². The van der Waals surface area contributed by atoms with Crippen molar-refractivity contribution in [2.75, 3.05) is 12.4 Å². The first-order valence-electron chi connectivity index (χ1n) is 4.76. The number of aliphatic hydroxyl groups excluding tert-OH is 2. The van der Waals surface area contributed by atoms with E-state index in [0.717, 1.165) is 17.5 Å². The highest BCUT2D eigenvalue weighted by Gasteiger charge is 2.11. The molecule has 0 saturated heterocycles. The molecule has 0 aliphatic rings. The molecule has 86 valence electrons. The van der Waals surface area contributed by atoms with Gasteiger partial charge in [0.2, 0.25) is 0 Å². The van der Waals surface area contributed by atoms with E-state index >= 15 is 0 Å². The van der Waals surface area contributed by atoms with E-state index in [2.05, 4.69) is 10.2 Å². The third kappa shape index (κ3) is 3.16. The van der Waals surface area contributed by atoms with Crippen LogP contribution in [0.1, 0.15) is 12.7 Å². The second kappa shape index (κ2) is 6.06. The monoisotopic (exact) mass is 232 g/mol. The van der Waals surface area contributed by atoms with Crippen LogP contribution in [0.2, 0.25) is 0 Å². The van der Waals surface area contributed by atoms with Gasteiger partial charge < -0.3 is 20.5 Å². The van der Waals surface area contributed by atoms with Gasteiger partial charge in [-0.25, -0.2) is 0 Å². The number of thioether (sulfide) groups is 1. The van der Waals surface area contributed by atoms with Gasteiger partial charge in [0.05, 0.1) is 19.3 Å².